The number of unbranched alkanes of at least 4 members (excludes halogenated alkanes) is 2. The van der Waals surface area contributed by atoms with Crippen LogP contribution in [0.2, 0.25) is 0 Å². The summed E-state index contributed by atoms with van der Waals surface area (Å²) in [6.45, 7) is 11.1. The van der Waals surface area contributed by atoms with Gasteiger partial charge in [-0.2, -0.15) is 0 Å². The zero-order valence-corrected chi connectivity index (χ0v) is 17.4. The van der Waals surface area contributed by atoms with Crippen molar-refractivity contribution in [1.82, 2.24) is 0 Å². The molecule has 0 saturated heterocycles. The molecule has 0 fully saturated rings. The lowest BCUT2D eigenvalue weighted by molar-refractivity contribution is -0.159. The molecular weight excluding hydrogens is 342 g/mol. The van der Waals surface area contributed by atoms with E-state index in [1.807, 2.05) is 20.8 Å². The molecular formula is C18H36BClO5. The first-order valence-electron chi connectivity index (χ1n) is 9.54. The van der Waals surface area contributed by atoms with Crippen molar-refractivity contribution in [2.75, 3.05) is 19.1 Å². The lowest BCUT2D eigenvalue weighted by atomic mass is 10.1. The van der Waals surface area contributed by atoms with Gasteiger partial charge in [0.2, 0.25) is 0 Å². The van der Waals surface area contributed by atoms with Crippen molar-refractivity contribution in [2.24, 2.45) is 0 Å². The summed E-state index contributed by atoms with van der Waals surface area (Å²) in [5, 5.41) is 0. The Bertz CT molecular complexity index is 331. The molecule has 0 aliphatic heterocycles. The van der Waals surface area contributed by atoms with Gasteiger partial charge in [0.15, 0.2) is 0 Å². The Morgan fingerprint density at radius 3 is 2.08 bits per heavy atom. The third-order valence-electron chi connectivity index (χ3n) is 3.87. The second-order valence-electron chi connectivity index (χ2n) is 6.76. The zero-order chi connectivity index (χ0) is 19.1. The Morgan fingerprint density at radius 2 is 1.64 bits per heavy atom. The summed E-state index contributed by atoms with van der Waals surface area (Å²) >= 11 is 5.86. The summed E-state index contributed by atoms with van der Waals surface area (Å²) in [6, 6.07) is 0. The number of hydrogen-bond donors (Lipinski definition) is 0. The van der Waals surface area contributed by atoms with Gasteiger partial charge >= 0.3 is 13.3 Å². The van der Waals surface area contributed by atoms with Crippen molar-refractivity contribution in [1.29, 1.82) is 0 Å². The molecule has 0 saturated carbocycles. The van der Waals surface area contributed by atoms with E-state index in [0.717, 1.165) is 32.1 Å². The minimum absolute atomic E-state index is 0.140. The number of carbonyl (C=O) groups excluding carboxylic acids is 1. The molecule has 7 heteroatoms. The van der Waals surface area contributed by atoms with Crippen molar-refractivity contribution < 1.29 is 23.5 Å². The van der Waals surface area contributed by atoms with Crippen LogP contribution in [0.25, 0.3) is 0 Å². The molecule has 0 aromatic heterocycles. The van der Waals surface area contributed by atoms with Gasteiger partial charge in [-0.15, -0.1) is 11.6 Å². The molecule has 0 aromatic rings. The van der Waals surface area contributed by atoms with Crippen LogP contribution in [0.1, 0.15) is 79.6 Å². The molecule has 0 spiro atoms. The van der Waals surface area contributed by atoms with Crippen molar-refractivity contribution in [3.8, 4) is 0 Å². The minimum atomic E-state index is -0.765. The first-order chi connectivity index (χ1) is 11.9. The van der Waals surface area contributed by atoms with Gasteiger partial charge in [-0.1, -0.05) is 33.6 Å². The van der Waals surface area contributed by atoms with Crippen LogP contribution in [0, 0.1) is 0 Å². The smallest absolute Gasteiger partial charge is 0.460 e. The second-order valence-corrected chi connectivity index (χ2v) is 7.14. The lowest BCUT2D eigenvalue weighted by Gasteiger charge is -2.26. The van der Waals surface area contributed by atoms with Gasteiger partial charge < -0.3 is 18.7 Å². The molecule has 0 bridgehead atoms. The molecule has 148 valence electrons. The molecule has 0 aliphatic rings. The van der Waals surface area contributed by atoms with Gasteiger partial charge in [-0.05, 0) is 39.5 Å². The van der Waals surface area contributed by atoms with Crippen LogP contribution >= 0.6 is 11.6 Å². The van der Waals surface area contributed by atoms with Gasteiger partial charge in [-0.3, -0.25) is 4.79 Å². The fraction of sp³-hybridized carbons (Fsp3) is 0.944. The molecule has 0 amide bonds. The monoisotopic (exact) mass is 378 g/mol. The number of halogens is 1. The Balaban J connectivity index is 4.61. The second kappa shape index (κ2) is 14.8. The van der Waals surface area contributed by atoms with Gasteiger partial charge in [0.1, 0.15) is 5.60 Å². The quantitative estimate of drug-likeness (QED) is 0.168. The molecule has 0 rings (SSSR count). The van der Waals surface area contributed by atoms with E-state index in [1.165, 1.54) is 0 Å². The van der Waals surface area contributed by atoms with Crippen LogP contribution in [0.4, 0.5) is 0 Å². The molecule has 5 nitrogen and oxygen atoms in total. The molecule has 0 heterocycles. The van der Waals surface area contributed by atoms with Crippen LogP contribution in [-0.4, -0.2) is 44.1 Å². The fourth-order valence-corrected chi connectivity index (χ4v) is 2.12. The standard InChI is InChI=1S/C18H36BClO5/c1-6-9-13-22-19(23-14-10-7-2)25-16(11-12-20)15-17(21)24-18(4,5)8-3/h16H,6-15H2,1-5H3/t16-/m0/s1. The normalized spacial score (nSPS) is 12.9. The predicted molar refractivity (Wildman–Crippen MR) is 103 cm³/mol. The van der Waals surface area contributed by atoms with E-state index in [0.29, 0.717) is 25.5 Å². The van der Waals surface area contributed by atoms with Crippen molar-refractivity contribution >= 4 is 24.9 Å². The average Bonchev–Trinajstić information content (AvgIpc) is 2.54. The van der Waals surface area contributed by atoms with E-state index in [4.69, 9.17) is 30.3 Å². The molecule has 25 heavy (non-hydrogen) atoms. The third-order valence-corrected chi connectivity index (χ3v) is 4.09. The number of carbonyl (C=O) groups is 1. The first-order valence-corrected chi connectivity index (χ1v) is 10.1. The van der Waals surface area contributed by atoms with Crippen LogP contribution in [0.15, 0.2) is 0 Å². The maximum absolute atomic E-state index is 12.2. The van der Waals surface area contributed by atoms with E-state index in [1.54, 1.807) is 0 Å². The van der Waals surface area contributed by atoms with Crippen LogP contribution in [0.3, 0.4) is 0 Å². The molecule has 0 radical (unpaired) electrons. The minimum Gasteiger partial charge on any atom is -0.460 e. The largest absolute Gasteiger partial charge is 0.639 e. The van der Waals surface area contributed by atoms with E-state index in [2.05, 4.69) is 13.8 Å². The summed E-state index contributed by atoms with van der Waals surface area (Å²) < 4.78 is 22.7. The number of alkyl halides is 1. The summed E-state index contributed by atoms with van der Waals surface area (Å²) in [4.78, 5) is 12.2. The molecule has 0 aliphatic carbocycles. The first kappa shape index (κ1) is 24.7. The van der Waals surface area contributed by atoms with Gasteiger partial charge in [0.25, 0.3) is 0 Å². The molecule has 1 atom stereocenters. The highest BCUT2D eigenvalue weighted by atomic mass is 35.5. The maximum atomic E-state index is 12.2. The third kappa shape index (κ3) is 13.6. The van der Waals surface area contributed by atoms with Crippen molar-refractivity contribution in [2.45, 2.75) is 91.3 Å². The van der Waals surface area contributed by atoms with E-state index in [9.17, 15) is 4.79 Å². The van der Waals surface area contributed by atoms with Gasteiger partial charge in [0, 0.05) is 19.1 Å². The fourth-order valence-electron chi connectivity index (χ4n) is 1.88. The van der Waals surface area contributed by atoms with E-state index >= 15 is 0 Å². The zero-order valence-electron chi connectivity index (χ0n) is 16.6. The van der Waals surface area contributed by atoms with Crippen LogP contribution in [-0.2, 0) is 23.5 Å². The van der Waals surface area contributed by atoms with Crippen molar-refractivity contribution in [3.63, 3.8) is 0 Å². The summed E-state index contributed by atoms with van der Waals surface area (Å²) in [6.07, 6.45) is 4.98. The number of hydrogen-bond acceptors (Lipinski definition) is 5. The number of rotatable bonds is 16. The molecule has 0 unspecified atom stereocenters. The molecule has 0 N–H and O–H groups in total. The Morgan fingerprint density at radius 1 is 1.08 bits per heavy atom. The Kier molecular flexibility index (Phi) is 14.7. The topological polar surface area (TPSA) is 54.0 Å². The summed E-state index contributed by atoms with van der Waals surface area (Å²) in [7, 11) is -0.765. The Hall–Kier alpha value is -0.295. The van der Waals surface area contributed by atoms with Gasteiger partial charge in [-0.25, -0.2) is 0 Å². The summed E-state index contributed by atoms with van der Waals surface area (Å²) in [5.74, 6) is 0.106. The Labute approximate surface area is 159 Å². The number of ether oxygens (including phenoxy) is 1. The van der Waals surface area contributed by atoms with Crippen molar-refractivity contribution in [3.05, 3.63) is 0 Å². The van der Waals surface area contributed by atoms with Crippen LogP contribution < -0.4 is 0 Å². The summed E-state index contributed by atoms with van der Waals surface area (Å²) in [5.41, 5.74) is -0.475. The highest BCUT2D eigenvalue weighted by Crippen LogP contribution is 2.17. The maximum Gasteiger partial charge on any atom is 0.639 e. The average molecular weight is 379 g/mol. The highest BCUT2D eigenvalue weighted by Gasteiger charge is 2.29. The predicted octanol–water partition coefficient (Wildman–Crippen LogP) is 4.74. The SMILES string of the molecule is CCCCOB(OCCCC)O[C@@H](CCCl)CC(=O)OC(C)(C)CC. The number of esters is 1. The van der Waals surface area contributed by atoms with Crippen LogP contribution in [0.5, 0.6) is 0 Å². The van der Waals surface area contributed by atoms with Gasteiger partial charge in [0.05, 0.1) is 12.5 Å². The lowest BCUT2D eigenvalue weighted by Crippen LogP contribution is -2.36. The van der Waals surface area contributed by atoms with E-state index < -0.39 is 12.9 Å². The molecule has 0 aromatic carbocycles. The van der Waals surface area contributed by atoms with E-state index in [-0.39, 0.29) is 18.5 Å². The highest BCUT2D eigenvalue weighted by molar-refractivity contribution is 6.36.